The van der Waals surface area contributed by atoms with Gasteiger partial charge in [-0.3, -0.25) is 0 Å². The summed E-state index contributed by atoms with van der Waals surface area (Å²) < 4.78 is 0. The first-order valence-electron chi connectivity index (χ1n) is 5.30. The van der Waals surface area contributed by atoms with Crippen LogP contribution in [0.25, 0.3) is 0 Å². The maximum absolute atomic E-state index is 8.96. The van der Waals surface area contributed by atoms with Crippen molar-refractivity contribution in [3.8, 4) is 6.07 Å². The molecular formula is C13H15N. The van der Waals surface area contributed by atoms with Crippen molar-refractivity contribution < 1.29 is 0 Å². The van der Waals surface area contributed by atoms with Crippen molar-refractivity contribution in [2.24, 2.45) is 5.92 Å². The van der Waals surface area contributed by atoms with E-state index in [0.717, 1.165) is 0 Å². The molecule has 0 saturated heterocycles. The van der Waals surface area contributed by atoms with Crippen molar-refractivity contribution in [1.29, 1.82) is 5.26 Å². The number of benzene rings is 1. The lowest BCUT2D eigenvalue weighted by molar-refractivity contribution is 0.474. The summed E-state index contributed by atoms with van der Waals surface area (Å²) in [5.41, 5.74) is 2.86. The quantitative estimate of drug-likeness (QED) is 0.658. The van der Waals surface area contributed by atoms with Gasteiger partial charge in [0.2, 0.25) is 0 Å². The van der Waals surface area contributed by atoms with E-state index in [-0.39, 0.29) is 5.92 Å². The van der Waals surface area contributed by atoms with Gasteiger partial charge in [0.25, 0.3) is 0 Å². The second kappa shape index (κ2) is 3.84. The summed E-state index contributed by atoms with van der Waals surface area (Å²) in [6, 6.07) is 10.9. The lowest BCUT2D eigenvalue weighted by Crippen LogP contribution is -2.15. The van der Waals surface area contributed by atoms with Crippen molar-refractivity contribution >= 4 is 0 Å². The maximum atomic E-state index is 8.96. The van der Waals surface area contributed by atoms with Crippen LogP contribution in [0.5, 0.6) is 0 Å². The minimum atomic E-state index is 0.149. The molecule has 0 N–H and O–H groups in total. The highest BCUT2D eigenvalue weighted by molar-refractivity contribution is 5.33. The zero-order valence-corrected chi connectivity index (χ0v) is 8.53. The molecule has 0 saturated carbocycles. The van der Waals surface area contributed by atoms with Crippen LogP contribution in [0.1, 0.15) is 36.8 Å². The van der Waals surface area contributed by atoms with Crippen molar-refractivity contribution in [2.75, 3.05) is 0 Å². The number of rotatable bonds is 1. The van der Waals surface area contributed by atoms with Crippen molar-refractivity contribution in [2.45, 2.75) is 32.1 Å². The lowest BCUT2D eigenvalue weighted by atomic mass is 9.77. The topological polar surface area (TPSA) is 23.8 Å². The molecule has 1 aromatic carbocycles. The summed E-state index contributed by atoms with van der Waals surface area (Å²) in [5.74, 6) is 0.612. The highest BCUT2D eigenvalue weighted by Gasteiger charge is 2.24. The molecule has 2 atom stereocenters. The third-order valence-corrected chi connectivity index (χ3v) is 3.22. The van der Waals surface area contributed by atoms with Crippen LogP contribution in [0.4, 0.5) is 0 Å². The largest absolute Gasteiger partial charge is 0.198 e. The first-order valence-corrected chi connectivity index (χ1v) is 5.30. The van der Waals surface area contributed by atoms with Gasteiger partial charge in [0.15, 0.2) is 0 Å². The summed E-state index contributed by atoms with van der Waals surface area (Å²) in [6.07, 6.45) is 3.59. The molecule has 0 aromatic heterocycles. The van der Waals surface area contributed by atoms with Crippen LogP contribution in [0, 0.1) is 17.2 Å². The third kappa shape index (κ3) is 1.53. The number of hydrogen-bond donors (Lipinski definition) is 0. The first kappa shape index (κ1) is 9.27. The van der Waals surface area contributed by atoms with Crippen LogP contribution < -0.4 is 0 Å². The van der Waals surface area contributed by atoms with E-state index in [2.05, 4.69) is 30.3 Å². The Morgan fingerprint density at radius 1 is 1.43 bits per heavy atom. The van der Waals surface area contributed by atoms with Crippen LogP contribution in [0.3, 0.4) is 0 Å². The Bertz CT molecular complexity index is 362. The molecular weight excluding hydrogens is 170 g/mol. The van der Waals surface area contributed by atoms with Crippen LogP contribution in [0.15, 0.2) is 24.3 Å². The highest BCUT2D eigenvalue weighted by atomic mass is 14.3. The fourth-order valence-corrected chi connectivity index (χ4v) is 2.40. The molecule has 0 bridgehead atoms. The predicted molar refractivity (Wildman–Crippen MR) is 56.9 cm³/mol. The summed E-state index contributed by atoms with van der Waals surface area (Å²) in [6.45, 7) is 2.03. The molecule has 1 heteroatoms. The fraction of sp³-hybridized carbons (Fsp3) is 0.462. The third-order valence-electron chi connectivity index (χ3n) is 3.22. The Morgan fingerprint density at radius 3 is 3.00 bits per heavy atom. The average molecular weight is 185 g/mol. The Kier molecular flexibility index (Phi) is 2.54. The van der Waals surface area contributed by atoms with E-state index in [1.807, 2.05) is 6.92 Å². The molecule has 0 aliphatic heterocycles. The van der Waals surface area contributed by atoms with Gasteiger partial charge < -0.3 is 0 Å². The van der Waals surface area contributed by atoms with Crippen LogP contribution >= 0.6 is 0 Å². The van der Waals surface area contributed by atoms with E-state index >= 15 is 0 Å². The lowest BCUT2D eigenvalue weighted by Gasteiger charge is -2.26. The summed E-state index contributed by atoms with van der Waals surface area (Å²) >= 11 is 0. The highest BCUT2D eigenvalue weighted by Crippen LogP contribution is 2.36. The van der Waals surface area contributed by atoms with Gasteiger partial charge in [-0.1, -0.05) is 24.3 Å². The molecule has 1 nitrogen and oxygen atoms in total. The minimum Gasteiger partial charge on any atom is -0.198 e. The van der Waals surface area contributed by atoms with Gasteiger partial charge in [-0.05, 0) is 43.2 Å². The number of fused-ring (bicyclic) bond motifs is 1. The Labute approximate surface area is 85.4 Å². The van der Waals surface area contributed by atoms with Gasteiger partial charge in [-0.25, -0.2) is 0 Å². The zero-order valence-electron chi connectivity index (χ0n) is 8.53. The maximum Gasteiger partial charge on any atom is 0.0659 e. The smallest absolute Gasteiger partial charge is 0.0659 e. The monoisotopic (exact) mass is 185 g/mol. The molecule has 14 heavy (non-hydrogen) atoms. The second-order valence-corrected chi connectivity index (χ2v) is 4.12. The number of aryl methyl sites for hydroxylation is 1. The molecule has 0 fully saturated rings. The Morgan fingerprint density at radius 2 is 2.21 bits per heavy atom. The Balaban J connectivity index is 2.36. The molecule has 72 valence electrons. The average Bonchev–Trinajstić information content (AvgIpc) is 2.27. The predicted octanol–water partition coefficient (Wildman–Crippen LogP) is 3.27. The first-order chi connectivity index (χ1) is 6.83. The second-order valence-electron chi connectivity index (χ2n) is 4.12. The van der Waals surface area contributed by atoms with E-state index < -0.39 is 0 Å². The van der Waals surface area contributed by atoms with Crippen LogP contribution in [-0.4, -0.2) is 0 Å². The van der Waals surface area contributed by atoms with Gasteiger partial charge in [-0.2, -0.15) is 5.26 Å². The molecule has 0 heterocycles. The normalized spacial score (nSPS) is 22.1. The van der Waals surface area contributed by atoms with Gasteiger partial charge in [0, 0.05) is 0 Å². The minimum absolute atomic E-state index is 0.149. The fourth-order valence-electron chi connectivity index (χ4n) is 2.40. The molecule has 0 amide bonds. The van der Waals surface area contributed by atoms with Gasteiger partial charge >= 0.3 is 0 Å². The molecule has 0 radical (unpaired) electrons. The number of nitrogens with zero attached hydrogens (tertiary/aromatic N) is 1. The number of nitriles is 1. The molecule has 0 spiro atoms. The van der Waals surface area contributed by atoms with Crippen molar-refractivity contribution in [1.82, 2.24) is 0 Å². The zero-order chi connectivity index (χ0) is 9.97. The van der Waals surface area contributed by atoms with E-state index in [9.17, 15) is 0 Å². The van der Waals surface area contributed by atoms with Gasteiger partial charge in [-0.15, -0.1) is 0 Å². The van der Waals surface area contributed by atoms with E-state index in [1.165, 1.54) is 30.4 Å². The summed E-state index contributed by atoms with van der Waals surface area (Å²) in [4.78, 5) is 0. The van der Waals surface area contributed by atoms with E-state index in [4.69, 9.17) is 5.26 Å². The molecule has 1 aromatic rings. The van der Waals surface area contributed by atoms with Crippen LogP contribution in [-0.2, 0) is 6.42 Å². The Hall–Kier alpha value is -1.29. The molecule has 1 aliphatic rings. The summed E-state index contributed by atoms with van der Waals surface area (Å²) in [5, 5.41) is 8.96. The van der Waals surface area contributed by atoms with E-state index in [0.29, 0.717) is 5.92 Å². The van der Waals surface area contributed by atoms with E-state index in [1.54, 1.807) is 0 Å². The van der Waals surface area contributed by atoms with Crippen molar-refractivity contribution in [3.63, 3.8) is 0 Å². The number of hydrogen-bond acceptors (Lipinski definition) is 1. The molecule has 1 aliphatic carbocycles. The van der Waals surface area contributed by atoms with Gasteiger partial charge in [0.05, 0.1) is 12.0 Å². The molecule has 2 rings (SSSR count). The summed E-state index contributed by atoms with van der Waals surface area (Å²) in [7, 11) is 0. The standard InChI is InChI=1S/C13H15N/c1-10(9-14)12-8-4-6-11-5-2-3-7-13(11)12/h2-3,5,7,10,12H,4,6,8H2,1H3. The SMILES string of the molecule is CC(C#N)C1CCCc2ccccc21. The molecule has 2 unspecified atom stereocenters. The van der Waals surface area contributed by atoms with Gasteiger partial charge in [0.1, 0.15) is 0 Å². The van der Waals surface area contributed by atoms with Crippen LogP contribution in [0.2, 0.25) is 0 Å². The van der Waals surface area contributed by atoms with Crippen molar-refractivity contribution in [3.05, 3.63) is 35.4 Å².